The van der Waals surface area contributed by atoms with Crippen LogP contribution in [0.3, 0.4) is 0 Å². The molecule has 2 atom stereocenters. The summed E-state index contributed by atoms with van der Waals surface area (Å²) >= 11 is 3.44. The second kappa shape index (κ2) is 7.06. The smallest absolute Gasteiger partial charge is 0.319 e. The van der Waals surface area contributed by atoms with Gasteiger partial charge in [-0.15, -0.1) is 0 Å². The van der Waals surface area contributed by atoms with Gasteiger partial charge in [-0.05, 0) is 31.4 Å². The van der Waals surface area contributed by atoms with Crippen molar-refractivity contribution in [3.8, 4) is 0 Å². The monoisotopic (exact) mass is 342 g/mol. The highest BCUT2D eigenvalue weighted by molar-refractivity contribution is 9.10. The summed E-state index contributed by atoms with van der Waals surface area (Å²) in [5, 5.41) is 15.3. The summed E-state index contributed by atoms with van der Waals surface area (Å²) in [5.41, 5.74) is 1.59. The Bertz CT molecular complexity index is 481. The Hall–Kier alpha value is -1.11. The van der Waals surface area contributed by atoms with Gasteiger partial charge in [0.25, 0.3) is 0 Å². The van der Waals surface area contributed by atoms with Crippen LogP contribution in [-0.2, 0) is 11.3 Å². The summed E-state index contributed by atoms with van der Waals surface area (Å²) in [6.07, 6.45) is 2.06. The minimum Gasteiger partial charge on any atom is -0.391 e. The third-order valence-electron chi connectivity index (χ3n) is 3.45. The number of urea groups is 1. The third-order valence-corrected chi connectivity index (χ3v) is 4.19. The number of hydrogen-bond donors (Lipinski definition) is 3. The normalized spacial score (nSPS) is 21.8. The van der Waals surface area contributed by atoms with Gasteiger partial charge in [0.15, 0.2) is 0 Å². The molecule has 0 bridgehead atoms. The van der Waals surface area contributed by atoms with E-state index in [1.165, 1.54) is 0 Å². The Kier molecular flexibility index (Phi) is 5.39. The van der Waals surface area contributed by atoms with Crippen LogP contribution in [0, 0.1) is 0 Å². The van der Waals surface area contributed by atoms with E-state index in [-0.39, 0.29) is 12.1 Å². The van der Waals surface area contributed by atoms with Gasteiger partial charge in [0.05, 0.1) is 18.8 Å². The second-order valence-corrected chi connectivity index (χ2v) is 5.76. The van der Waals surface area contributed by atoms with Crippen molar-refractivity contribution >= 4 is 27.6 Å². The molecule has 1 fully saturated rings. The molecule has 0 aromatic heterocycles. The predicted molar refractivity (Wildman–Crippen MR) is 80.7 cm³/mol. The lowest BCUT2D eigenvalue weighted by atomic mass is 10.2. The molecule has 0 radical (unpaired) electrons. The van der Waals surface area contributed by atoms with Crippen molar-refractivity contribution in [3.63, 3.8) is 0 Å². The lowest BCUT2D eigenvalue weighted by Gasteiger charge is -2.18. The lowest BCUT2D eigenvalue weighted by Crippen LogP contribution is -2.42. The number of aliphatic hydroxyl groups is 1. The third kappa shape index (κ3) is 3.71. The molecule has 6 heteroatoms. The van der Waals surface area contributed by atoms with E-state index < -0.39 is 6.10 Å². The molecular formula is C14H19BrN2O3. The van der Waals surface area contributed by atoms with Crippen LogP contribution in [0.2, 0.25) is 0 Å². The topological polar surface area (TPSA) is 70.6 Å². The Morgan fingerprint density at radius 2 is 2.30 bits per heavy atom. The van der Waals surface area contributed by atoms with Crippen LogP contribution in [0.5, 0.6) is 0 Å². The molecule has 20 heavy (non-hydrogen) atoms. The SMILES string of the molecule is COCc1c(Br)cccc1NC(=O)N[C@@H]1CCC[C@@H]1O. The summed E-state index contributed by atoms with van der Waals surface area (Å²) in [4.78, 5) is 12.0. The highest BCUT2D eigenvalue weighted by Gasteiger charge is 2.26. The first-order valence-corrected chi connectivity index (χ1v) is 7.43. The molecule has 5 nitrogen and oxygen atoms in total. The zero-order valence-electron chi connectivity index (χ0n) is 11.4. The predicted octanol–water partition coefficient (Wildman–Crippen LogP) is 2.63. The molecule has 110 valence electrons. The molecule has 2 rings (SSSR count). The van der Waals surface area contributed by atoms with Gasteiger partial charge < -0.3 is 20.5 Å². The van der Waals surface area contributed by atoms with Crippen LogP contribution in [0.25, 0.3) is 0 Å². The quantitative estimate of drug-likeness (QED) is 0.787. The number of benzene rings is 1. The maximum Gasteiger partial charge on any atom is 0.319 e. The largest absolute Gasteiger partial charge is 0.391 e. The molecule has 0 saturated heterocycles. The van der Waals surface area contributed by atoms with Gasteiger partial charge in [-0.1, -0.05) is 22.0 Å². The van der Waals surface area contributed by atoms with Gasteiger partial charge in [-0.25, -0.2) is 4.79 Å². The van der Waals surface area contributed by atoms with E-state index in [9.17, 15) is 9.90 Å². The molecule has 1 aromatic carbocycles. The fourth-order valence-electron chi connectivity index (χ4n) is 2.40. The molecule has 1 aliphatic rings. The van der Waals surface area contributed by atoms with E-state index in [2.05, 4.69) is 26.6 Å². The molecule has 3 N–H and O–H groups in total. The van der Waals surface area contributed by atoms with E-state index in [1.807, 2.05) is 18.2 Å². The van der Waals surface area contributed by atoms with E-state index >= 15 is 0 Å². The number of anilines is 1. The van der Waals surface area contributed by atoms with Gasteiger partial charge in [0, 0.05) is 22.8 Å². The zero-order chi connectivity index (χ0) is 14.5. The maximum absolute atomic E-state index is 12.0. The fraction of sp³-hybridized carbons (Fsp3) is 0.500. The first-order chi connectivity index (χ1) is 9.61. The average molecular weight is 343 g/mol. The van der Waals surface area contributed by atoms with E-state index in [4.69, 9.17) is 4.74 Å². The van der Waals surface area contributed by atoms with Crippen molar-refractivity contribution < 1.29 is 14.6 Å². The van der Waals surface area contributed by atoms with Crippen molar-refractivity contribution in [2.75, 3.05) is 12.4 Å². The molecule has 1 aromatic rings. The molecule has 0 unspecified atom stereocenters. The number of nitrogens with one attached hydrogen (secondary N) is 2. The van der Waals surface area contributed by atoms with Crippen LogP contribution in [0.4, 0.5) is 10.5 Å². The maximum atomic E-state index is 12.0. The van der Waals surface area contributed by atoms with Crippen LogP contribution in [0.15, 0.2) is 22.7 Å². The van der Waals surface area contributed by atoms with Crippen LogP contribution in [0.1, 0.15) is 24.8 Å². The van der Waals surface area contributed by atoms with Crippen molar-refractivity contribution in [1.29, 1.82) is 0 Å². The second-order valence-electron chi connectivity index (χ2n) is 4.90. The Labute approximate surface area is 126 Å². The lowest BCUT2D eigenvalue weighted by molar-refractivity contribution is 0.151. The highest BCUT2D eigenvalue weighted by atomic mass is 79.9. The number of ether oxygens (including phenoxy) is 1. The number of methoxy groups -OCH3 is 1. The molecule has 0 aliphatic heterocycles. The molecular weight excluding hydrogens is 324 g/mol. The van der Waals surface area contributed by atoms with Gasteiger partial charge in [0.2, 0.25) is 0 Å². The van der Waals surface area contributed by atoms with Crippen LogP contribution >= 0.6 is 15.9 Å². The van der Waals surface area contributed by atoms with Gasteiger partial charge in [-0.2, -0.15) is 0 Å². The standard InChI is InChI=1S/C14H19BrN2O3/c1-20-8-9-10(15)4-2-5-11(9)16-14(19)17-12-6-3-7-13(12)18/h2,4-5,12-13,18H,3,6-8H2,1H3,(H2,16,17,19)/t12-,13+/m1/s1. The van der Waals surface area contributed by atoms with Crippen LogP contribution in [-0.4, -0.2) is 30.4 Å². The first-order valence-electron chi connectivity index (χ1n) is 6.63. The molecule has 0 heterocycles. The summed E-state index contributed by atoms with van der Waals surface area (Å²) < 4.78 is 6.03. The minimum atomic E-state index is -0.443. The first kappa shape index (κ1) is 15.3. The van der Waals surface area contributed by atoms with Crippen molar-refractivity contribution in [2.24, 2.45) is 0 Å². The highest BCUT2D eigenvalue weighted by Crippen LogP contribution is 2.26. The Morgan fingerprint density at radius 1 is 1.50 bits per heavy atom. The summed E-state index contributed by atoms with van der Waals surface area (Å²) in [5.74, 6) is 0. The minimum absolute atomic E-state index is 0.159. The van der Waals surface area contributed by atoms with E-state index in [0.29, 0.717) is 12.3 Å². The molecule has 2 amide bonds. The average Bonchev–Trinajstić information content (AvgIpc) is 2.79. The molecule has 0 spiro atoms. The number of rotatable bonds is 4. The molecule has 1 saturated carbocycles. The summed E-state index contributed by atoms with van der Waals surface area (Å²) in [7, 11) is 1.61. The van der Waals surface area contributed by atoms with Crippen molar-refractivity contribution in [1.82, 2.24) is 5.32 Å². The van der Waals surface area contributed by atoms with Crippen molar-refractivity contribution in [3.05, 3.63) is 28.2 Å². The fourth-order valence-corrected chi connectivity index (χ4v) is 2.88. The number of aliphatic hydroxyl groups excluding tert-OH is 1. The number of amides is 2. The van der Waals surface area contributed by atoms with E-state index in [1.54, 1.807) is 7.11 Å². The summed E-state index contributed by atoms with van der Waals surface area (Å²) in [6.45, 7) is 0.406. The zero-order valence-corrected chi connectivity index (χ0v) is 12.9. The Balaban J connectivity index is 2.02. The number of carbonyl (C=O) groups is 1. The van der Waals surface area contributed by atoms with Crippen LogP contribution < -0.4 is 10.6 Å². The Morgan fingerprint density at radius 3 is 2.95 bits per heavy atom. The number of hydrogen-bond acceptors (Lipinski definition) is 3. The van der Waals surface area contributed by atoms with Gasteiger partial charge >= 0.3 is 6.03 Å². The van der Waals surface area contributed by atoms with Gasteiger partial charge in [0.1, 0.15) is 0 Å². The molecule has 1 aliphatic carbocycles. The number of carbonyl (C=O) groups excluding carboxylic acids is 1. The summed E-state index contributed by atoms with van der Waals surface area (Å²) in [6, 6.07) is 5.12. The van der Waals surface area contributed by atoms with Crippen molar-refractivity contribution in [2.45, 2.75) is 38.0 Å². The van der Waals surface area contributed by atoms with Gasteiger partial charge in [-0.3, -0.25) is 0 Å². The van der Waals surface area contributed by atoms with E-state index in [0.717, 1.165) is 29.3 Å². The number of halogens is 1.